The average molecular weight is 391 g/mol. The lowest BCUT2D eigenvalue weighted by Crippen LogP contribution is -2.34. The molecule has 2 unspecified atom stereocenters. The minimum atomic E-state index is -1.28. The van der Waals surface area contributed by atoms with E-state index in [0.717, 1.165) is 30.6 Å². The van der Waals surface area contributed by atoms with Crippen molar-refractivity contribution in [1.82, 2.24) is 0 Å². The van der Waals surface area contributed by atoms with Crippen LogP contribution in [-0.2, 0) is 11.2 Å². The Labute approximate surface area is 165 Å². The molecule has 0 fully saturated rings. The molecule has 0 spiro atoms. The first kappa shape index (κ1) is 21.2. The fourth-order valence-corrected chi connectivity index (χ4v) is 5.22. The first-order valence-corrected chi connectivity index (χ1v) is 10.7. The Morgan fingerprint density at radius 1 is 0.731 bits per heavy atom. The molecule has 0 saturated carbocycles. The number of hydrogen-bond donors (Lipinski definition) is 2. The van der Waals surface area contributed by atoms with Gasteiger partial charge in [-0.05, 0) is 51.7 Å². The van der Waals surface area contributed by atoms with E-state index in [1.807, 2.05) is 67.5 Å². The number of rotatable bonds is 4. The molecule has 0 amide bonds. The molecule has 0 aliphatic carbocycles. The monoisotopic (exact) mass is 390 g/mol. The second kappa shape index (κ2) is 7.48. The summed E-state index contributed by atoms with van der Waals surface area (Å²) in [6.45, 7) is 16.0. The number of thiophene rings is 2. The van der Waals surface area contributed by atoms with Gasteiger partial charge in [-0.1, -0.05) is 39.5 Å². The quantitative estimate of drug-likeness (QED) is 0.683. The number of hydrogen-bond acceptors (Lipinski definition) is 4. The number of aryl methyl sites for hydroxylation is 4. The van der Waals surface area contributed by atoms with Crippen molar-refractivity contribution in [2.75, 3.05) is 0 Å². The summed E-state index contributed by atoms with van der Waals surface area (Å²) < 4.78 is 0. The molecule has 0 aliphatic heterocycles. The van der Waals surface area contributed by atoms with Crippen LogP contribution >= 0.6 is 22.7 Å². The molecule has 0 aromatic carbocycles. The Bertz CT molecular complexity index is 779. The van der Waals surface area contributed by atoms with E-state index in [4.69, 9.17) is 0 Å². The molecular weight excluding hydrogens is 360 g/mol. The zero-order valence-electron chi connectivity index (χ0n) is 17.0. The summed E-state index contributed by atoms with van der Waals surface area (Å²) in [6.07, 6.45) is 0. The standard InChI is InChI=1S/C22H30O2S2/c1-13(2)21(23,19-11-15(5)25-17(19)7)9-10-22(24,14(3)4)20-12-16(6)26-18(20)8/h11-14,23-24H,1-8H3. The molecular formula is C22H30O2S2. The lowest BCUT2D eigenvalue weighted by atomic mass is 9.80. The van der Waals surface area contributed by atoms with Crippen LogP contribution < -0.4 is 0 Å². The highest BCUT2D eigenvalue weighted by atomic mass is 32.1. The molecule has 0 radical (unpaired) electrons. The molecule has 2 N–H and O–H groups in total. The van der Waals surface area contributed by atoms with Crippen molar-refractivity contribution in [3.63, 3.8) is 0 Å². The maximum atomic E-state index is 11.4. The van der Waals surface area contributed by atoms with Crippen LogP contribution in [0.1, 0.15) is 58.3 Å². The molecule has 142 valence electrons. The molecule has 2 aromatic rings. The summed E-state index contributed by atoms with van der Waals surface area (Å²) in [6, 6.07) is 4.03. The van der Waals surface area contributed by atoms with Crippen molar-refractivity contribution in [2.45, 2.75) is 66.6 Å². The maximum Gasteiger partial charge on any atom is 0.154 e. The summed E-state index contributed by atoms with van der Waals surface area (Å²) in [4.78, 5) is 4.45. The molecule has 0 bridgehead atoms. The summed E-state index contributed by atoms with van der Waals surface area (Å²) in [5, 5.41) is 22.9. The molecule has 26 heavy (non-hydrogen) atoms. The van der Waals surface area contributed by atoms with Crippen LogP contribution in [0.25, 0.3) is 0 Å². The Morgan fingerprint density at radius 3 is 1.23 bits per heavy atom. The van der Waals surface area contributed by atoms with Crippen molar-refractivity contribution in [1.29, 1.82) is 0 Å². The molecule has 0 saturated heterocycles. The Balaban J connectivity index is 2.63. The van der Waals surface area contributed by atoms with Crippen LogP contribution in [0.2, 0.25) is 0 Å². The normalized spacial score (nSPS) is 16.3. The van der Waals surface area contributed by atoms with Crippen LogP contribution in [0.3, 0.4) is 0 Å². The molecule has 2 atom stereocenters. The molecule has 2 heterocycles. The van der Waals surface area contributed by atoms with Crippen molar-refractivity contribution < 1.29 is 10.2 Å². The first-order chi connectivity index (χ1) is 11.9. The van der Waals surface area contributed by atoms with Crippen molar-refractivity contribution >= 4 is 22.7 Å². The van der Waals surface area contributed by atoms with Crippen LogP contribution in [0, 0.1) is 51.4 Å². The third-order valence-electron chi connectivity index (χ3n) is 5.02. The van der Waals surface area contributed by atoms with E-state index in [1.54, 1.807) is 22.7 Å². The third kappa shape index (κ3) is 3.77. The molecule has 2 nitrogen and oxygen atoms in total. The zero-order valence-corrected chi connectivity index (χ0v) is 18.7. The minimum absolute atomic E-state index is 0.0931. The lowest BCUT2D eigenvalue weighted by molar-refractivity contribution is 0.0384. The summed E-state index contributed by atoms with van der Waals surface area (Å²) in [7, 11) is 0. The highest BCUT2D eigenvalue weighted by molar-refractivity contribution is 7.12. The van der Waals surface area contributed by atoms with Crippen molar-refractivity contribution in [2.24, 2.45) is 11.8 Å². The van der Waals surface area contributed by atoms with Gasteiger partial charge in [0.2, 0.25) is 0 Å². The van der Waals surface area contributed by atoms with Gasteiger partial charge in [0.05, 0.1) is 0 Å². The fraction of sp³-hybridized carbons (Fsp3) is 0.545. The van der Waals surface area contributed by atoms with Gasteiger partial charge in [-0.25, -0.2) is 0 Å². The minimum Gasteiger partial charge on any atom is -0.373 e. The van der Waals surface area contributed by atoms with Gasteiger partial charge >= 0.3 is 0 Å². The second-order valence-electron chi connectivity index (χ2n) is 7.75. The van der Waals surface area contributed by atoms with E-state index < -0.39 is 11.2 Å². The van der Waals surface area contributed by atoms with E-state index >= 15 is 0 Å². The fourth-order valence-electron chi connectivity index (χ4n) is 3.25. The summed E-state index contributed by atoms with van der Waals surface area (Å²) in [5.41, 5.74) is -0.855. The predicted octanol–water partition coefficient (Wildman–Crippen LogP) is 5.43. The largest absolute Gasteiger partial charge is 0.373 e. The van der Waals surface area contributed by atoms with Crippen LogP contribution in [0.5, 0.6) is 0 Å². The van der Waals surface area contributed by atoms with Gasteiger partial charge in [-0.2, -0.15) is 0 Å². The van der Waals surface area contributed by atoms with Crippen molar-refractivity contribution in [3.8, 4) is 11.8 Å². The topological polar surface area (TPSA) is 40.5 Å². The SMILES string of the molecule is Cc1cc(C(O)(C#CC(O)(c2cc(C)sc2C)C(C)C)C(C)C)c(C)s1. The molecule has 4 heteroatoms. The van der Waals surface area contributed by atoms with Gasteiger partial charge in [0.1, 0.15) is 0 Å². The average Bonchev–Trinajstić information content (AvgIpc) is 3.05. The van der Waals surface area contributed by atoms with E-state index in [-0.39, 0.29) is 11.8 Å². The number of aliphatic hydroxyl groups is 2. The van der Waals surface area contributed by atoms with Gasteiger partial charge in [0.25, 0.3) is 0 Å². The summed E-state index contributed by atoms with van der Waals surface area (Å²) >= 11 is 3.33. The molecule has 0 aliphatic rings. The van der Waals surface area contributed by atoms with Gasteiger partial charge in [-0.3, -0.25) is 0 Å². The Morgan fingerprint density at radius 2 is 1.04 bits per heavy atom. The molecule has 2 aromatic heterocycles. The van der Waals surface area contributed by atoms with Crippen LogP contribution in [0.15, 0.2) is 12.1 Å². The lowest BCUT2D eigenvalue weighted by Gasteiger charge is -2.30. The van der Waals surface area contributed by atoms with Crippen LogP contribution in [0.4, 0.5) is 0 Å². The second-order valence-corrected chi connectivity index (χ2v) is 10.7. The highest BCUT2D eigenvalue weighted by Crippen LogP contribution is 2.38. The van der Waals surface area contributed by atoms with E-state index in [2.05, 4.69) is 11.8 Å². The first-order valence-electron chi connectivity index (χ1n) is 9.06. The van der Waals surface area contributed by atoms with Gasteiger partial charge < -0.3 is 10.2 Å². The van der Waals surface area contributed by atoms with E-state index in [0.29, 0.717) is 0 Å². The maximum absolute atomic E-state index is 11.4. The third-order valence-corrected chi connectivity index (χ3v) is 6.95. The smallest absolute Gasteiger partial charge is 0.154 e. The molecule has 2 rings (SSSR count). The van der Waals surface area contributed by atoms with Crippen molar-refractivity contribution in [3.05, 3.63) is 42.8 Å². The Hall–Kier alpha value is -1.12. The van der Waals surface area contributed by atoms with Gasteiger partial charge in [0.15, 0.2) is 11.2 Å². The summed E-state index contributed by atoms with van der Waals surface area (Å²) in [5.74, 6) is 5.99. The highest BCUT2D eigenvalue weighted by Gasteiger charge is 2.37. The van der Waals surface area contributed by atoms with Crippen LogP contribution in [-0.4, -0.2) is 10.2 Å². The van der Waals surface area contributed by atoms with Gasteiger partial charge in [-0.15, -0.1) is 22.7 Å². The van der Waals surface area contributed by atoms with E-state index in [9.17, 15) is 10.2 Å². The van der Waals surface area contributed by atoms with E-state index in [1.165, 1.54) is 0 Å². The van der Waals surface area contributed by atoms with Gasteiger partial charge in [0, 0.05) is 30.6 Å². The zero-order chi connectivity index (χ0) is 19.9. The Kier molecular flexibility index (Phi) is 6.09. The predicted molar refractivity (Wildman–Crippen MR) is 113 cm³/mol.